The molecule has 2 aromatic rings. The number of hydrogen-bond acceptors (Lipinski definition) is 3. The highest BCUT2D eigenvalue weighted by atomic mass is 16.5. The van der Waals surface area contributed by atoms with E-state index in [1.54, 1.807) is 0 Å². The number of benzene rings is 1. The number of aryl methyl sites for hydroxylation is 1. The first-order chi connectivity index (χ1) is 8.28. The van der Waals surface area contributed by atoms with Gasteiger partial charge < -0.3 is 10.1 Å². The van der Waals surface area contributed by atoms with Crippen molar-refractivity contribution >= 4 is 5.82 Å². The highest BCUT2D eigenvalue weighted by Gasteiger charge is 1.98. The number of hydrogen-bond donors (Lipinski definition) is 1. The van der Waals surface area contributed by atoms with E-state index in [2.05, 4.69) is 10.3 Å². The molecule has 0 fully saturated rings. The van der Waals surface area contributed by atoms with Crippen LogP contribution in [0.5, 0.6) is 5.75 Å². The zero-order valence-electron chi connectivity index (χ0n) is 10.1. The van der Waals surface area contributed by atoms with Gasteiger partial charge in [-0.1, -0.05) is 18.2 Å². The Morgan fingerprint density at radius 2 is 2.00 bits per heavy atom. The smallest absolute Gasteiger partial charge is 0.130 e. The van der Waals surface area contributed by atoms with Crippen LogP contribution in [0.15, 0.2) is 42.5 Å². The van der Waals surface area contributed by atoms with Crippen LogP contribution in [0.3, 0.4) is 0 Å². The van der Waals surface area contributed by atoms with Crippen LogP contribution in [0.4, 0.5) is 5.82 Å². The second kappa shape index (κ2) is 5.34. The second-order valence-corrected chi connectivity index (χ2v) is 3.87. The van der Waals surface area contributed by atoms with Crippen molar-refractivity contribution < 1.29 is 4.74 Å². The Bertz CT molecular complexity index is 497. The monoisotopic (exact) mass is 228 g/mol. The van der Waals surface area contributed by atoms with E-state index in [0.717, 1.165) is 17.3 Å². The predicted octanol–water partition coefficient (Wildman–Crippen LogP) is 3.01. The summed E-state index contributed by atoms with van der Waals surface area (Å²) in [7, 11) is 1.85. The minimum Gasteiger partial charge on any atom is -0.487 e. The predicted molar refractivity (Wildman–Crippen MR) is 69.3 cm³/mol. The van der Waals surface area contributed by atoms with Gasteiger partial charge in [-0.25, -0.2) is 4.98 Å². The van der Waals surface area contributed by atoms with E-state index in [9.17, 15) is 0 Å². The fourth-order valence-corrected chi connectivity index (χ4v) is 1.56. The first-order valence-electron chi connectivity index (χ1n) is 5.61. The van der Waals surface area contributed by atoms with Crippen LogP contribution in [0, 0.1) is 6.92 Å². The normalized spacial score (nSPS) is 10.0. The number of aromatic nitrogens is 1. The molecule has 1 N–H and O–H groups in total. The number of nitrogens with one attached hydrogen (secondary N) is 1. The first-order valence-corrected chi connectivity index (χ1v) is 5.61. The Balaban J connectivity index is 2.02. The molecule has 0 amide bonds. The SMILES string of the molecule is CNc1cccc(COc2cccc(C)c2)n1. The average Bonchev–Trinajstić information content (AvgIpc) is 2.37. The quantitative estimate of drug-likeness (QED) is 0.873. The number of pyridine rings is 1. The van der Waals surface area contributed by atoms with E-state index in [1.165, 1.54) is 5.56 Å². The first kappa shape index (κ1) is 11.5. The molecule has 17 heavy (non-hydrogen) atoms. The molecule has 0 aliphatic heterocycles. The van der Waals surface area contributed by atoms with Crippen molar-refractivity contribution in [3.8, 4) is 5.75 Å². The fraction of sp³-hybridized carbons (Fsp3) is 0.214. The summed E-state index contributed by atoms with van der Waals surface area (Å²) in [5.41, 5.74) is 2.11. The van der Waals surface area contributed by atoms with Crippen LogP contribution >= 0.6 is 0 Å². The van der Waals surface area contributed by atoms with Gasteiger partial charge in [-0.05, 0) is 36.8 Å². The van der Waals surface area contributed by atoms with Crippen molar-refractivity contribution in [1.82, 2.24) is 4.98 Å². The molecule has 0 radical (unpaired) electrons. The lowest BCUT2D eigenvalue weighted by Gasteiger charge is -2.07. The van der Waals surface area contributed by atoms with Crippen molar-refractivity contribution in [2.45, 2.75) is 13.5 Å². The molecule has 0 aliphatic carbocycles. The lowest BCUT2D eigenvalue weighted by Crippen LogP contribution is -2.00. The number of nitrogens with zero attached hydrogens (tertiary/aromatic N) is 1. The maximum atomic E-state index is 5.68. The van der Waals surface area contributed by atoms with Gasteiger partial charge in [-0.3, -0.25) is 0 Å². The van der Waals surface area contributed by atoms with Crippen LogP contribution in [0.2, 0.25) is 0 Å². The summed E-state index contributed by atoms with van der Waals surface area (Å²) in [5, 5.41) is 3.01. The van der Waals surface area contributed by atoms with E-state index in [-0.39, 0.29) is 0 Å². The Morgan fingerprint density at radius 1 is 1.18 bits per heavy atom. The van der Waals surface area contributed by atoms with Gasteiger partial charge in [0.05, 0.1) is 5.69 Å². The third-order valence-electron chi connectivity index (χ3n) is 2.44. The maximum absolute atomic E-state index is 5.68. The molecule has 2 rings (SSSR count). The molecule has 0 atom stereocenters. The van der Waals surface area contributed by atoms with Crippen molar-refractivity contribution in [3.05, 3.63) is 53.7 Å². The van der Waals surface area contributed by atoms with Crippen LogP contribution in [-0.2, 0) is 6.61 Å². The third kappa shape index (κ3) is 3.21. The van der Waals surface area contributed by atoms with Gasteiger partial charge in [-0.15, -0.1) is 0 Å². The molecule has 88 valence electrons. The fourth-order valence-electron chi connectivity index (χ4n) is 1.56. The largest absolute Gasteiger partial charge is 0.487 e. The Kier molecular flexibility index (Phi) is 3.60. The van der Waals surface area contributed by atoms with Crippen molar-refractivity contribution in [1.29, 1.82) is 0 Å². The van der Waals surface area contributed by atoms with Gasteiger partial charge >= 0.3 is 0 Å². The van der Waals surface area contributed by atoms with E-state index in [4.69, 9.17) is 4.74 Å². The molecule has 3 heteroatoms. The van der Waals surface area contributed by atoms with Crippen molar-refractivity contribution in [2.75, 3.05) is 12.4 Å². The third-order valence-corrected chi connectivity index (χ3v) is 2.44. The van der Waals surface area contributed by atoms with Gasteiger partial charge in [0.2, 0.25) is 0 Å². The zero-order valence-corrected chi connectivity index (χ0v) is 10.1. The summed E-state index contributed by atoms with van der Waals surface area (Å²) in [4.78, 5) is 4.39. The van der Waals surface area contributed by atoms with Gasteiger partial charge in [0, 0.05) is 7.05 Å². The Hall–Kier alpha value is -2.03. The minimum absolute atomic E-state index is 0.485. The maximum Gasteiger partial charge on any atom is 0.130 e. The molecule has 0 saturated heterocycles. The van der Waals surface area contributed by atoms with E-state index < -0.39 is 0 Å². The van der Waals surface area contributed by atoms with E-state index in [1.807, 2.05) is 56.4 Å². The molecule has 0 unspecified atom stereocenters. The molecular weight excluding hydrogens is 212 g/mol. The minimum atomic E-state index is 0.485. The summed E-state index contributed by atoms with van der Waals surface area (Å²) >= 11 is 0. The van der Waals surface area contributed by atoms with Gasteiger partial charge in [0.1, 0.15) is 18.2 Å². The molecule has 0 saturated carbocycles. The van der Waals surface area contributed by atoms with E-state index in [0.29, 0.717) is 6.61 Å². The topological polar surface area (TPSA) is 34.1 Å². The van der Waals surface area contributed by atoms with Crippen molar-refractivity contribution in [3.63, 3.8) is 0 Å². The summed E-state index contributed by atoms with van der Waals surface area (Å²) in [6, 6.07) is 13.9. The lowest BCUT2D eigenvalue weighted by molar-refractivity contribution is 0.301. The zero-order chi connectivity index (χ0) is 12.1. The molecule has 1 aromatic heterocycles. The number of ether oxygens (including phenoxy) is 1. The lowest BCUT2D eigenvalue weighted by atomic mass is 10.2. The van der Waals surface area contributed by atoms with Crippen LogP contribution in [-0.4, -0.2) is 12.0 Å². The number of anilines is 1. The Morgan fingerprint density at radius 3 is 2.76 bits per heavy atom. The summed E-state index contributed by atoms with van der Waals surface area (Å²) in [6.07, 6.45) is 0. The standard InChI is InChI=1S/C14H16N2O/c1-11-5-3-7-13(9-11)17-10-12-6-4-8-14(15-2)16-12/h3-9H,10H2,1-2H3,(H,15,16). The molecule has 1 heterocycles. The van der Waals surface area contributed by atoms with Crippen LogP contribution in [0.25, 0.3) is 0 Å². The highest BCUT2D eigenvalue weighted by molar-refractivity contribution is 5.34. The number of rotatable bonds is 4. The highest BCUT2D eigenvalue weighted by Crippen LogP contribution is 2.14. The van der Waals surface area contributed by atoms with Crippen LogP contribution in [0.1, 0.15) is 11.3 Å². The van der Waals surface area contributed by atoms with E-state index >= 15 is 0 Å². The molecule has 1 aromatic carbocycles. The molecular formula is C14H16N2O. The Labute approximate surface area is 101 Å². The van der Waals surface area contributed by atoms with Gasteiger partial charge in [0.25, 0.3) is 0 Å². The molecule has 0 aliphatic rings. The summed E-state index contributed by atoms with van der Waals surface area (Å²) in [6.45, 7) is 2.53. The van der Waals surface area contributed by atoms with Gasteiger partial charge in [0.15, 0.2) is 0 Å². The van der Waals surface area contributed by atoms with Gasteiger partial charge in [-0.2, -0.15) is 0 Å². The van der Waals surface area contributed by atoms with Crippen LogP contribution < -0.4 is 10.1 Å². The average molecular weight is 228 g/mol. The molecule has 3 nitrogen and oxygen atoms in total. The molecule has 0 spiro atoms. The molecule has 0 bridgehead atoms. The summed E-state index contributed by atoms with van der Waals surface area (Å²) in [5.74, 6) is 1.73. The second-order valence-electron chi connectivity index (χ2n) is 3.87. The van der Waals surface area contributed by atoms with Crippen molar-refractivity contribution in [2.24, 2.45) is 0 Å². The summed E-state index contributed by atoms with van der Waals surface area (Å²) < 4.78 is 5.68.